The van der Waals surface area contributed by atoms with E-state index in [1.165, 1.54) is 16.5 Å². The van der Waals surface area contributed by atoms with Crippen LogP contribution in [0.2, 0.25) is 0 Å². The number of benzene rings is 1. The number of alkyl halides is 4. The highest BCUT2D eigenvalue weighted by atomic mass is 32.1. The highest BCUT2D eigenvalue weighted by Crippen LogP contribution is 2.38. The minimum atomic E-state index is -4.92. The molecule has 3 heterocycles. The van der Waals surface area contributed by atoms with Gasteiger partial charge in [-0.15, -0.1) is 11.3 Å². The highest BCUT2D eigenvalue weighted by molar-refractivity contribution is 7.18. The third-order valence-corrected chi connectivity index (χ3v) is 6.47. The number of halogens is 5. The van der Waals surface area contributed by atoms with Gasteiger partial charge in [0.2, 0.25) is 5.91 Å². The lowest BCUT2D eigenvalue weighted by atomic mass is 10.0. The van der Waals surface area contributed by atoms with Crippen molar-refractivity contribution in [3.8, 4) is 11.1 Å². The Balaban J connectivity index is 0.00000109. The fourth-order valence-electron chi connectivity index (χ4n) is 3.80. The van der Waals surface area contributed by atoms with Crippen LogP contribution in [0.1, 0.15) is 45.2 Å². The molecule has 0 aliphatic carbocycles. The lowest BCUT2D eigenvalue weighted by Crippen LogP contribution is -2.35. The van der Waals surface area contributed by atoms with Crippen LogP contribution in [-0.4, -0.2) is 39.7 Å². The van der Waals surface area contributed by atoms with Gasteiger partial charge in [-0.3, -0.25) is 9.59 Å². The zero-order valence-electron chi connectivity index (χ0n) is 20.5. The Morgan fingerprint density at radius 3 is 2.42 bits per heavy atom. The van der Waals surface area contributed by atoms with Gasteiger partial charge in [-0.2, -0.15) is 13.2 Å². The molecular weight excluding hydrogens is 503 g/mol. The van der Waals surface area contributed by atoms with E-state index < -0.39 is 48.3 Å². The summed E-state index contributed by atoms with van der Waals surface area (Å²) in [5, 5.41) is 11.2. The van der Waals surface area contributed by atoms with Gasteiger partial charge in [0, 0.05) is 33.9 Å². The molecule has 0 bridgehead atoms. The van der Waals surface area contributed by atoms with Crippen LogP contribution in [0.15, 0.2) is 34.6 Å². The summed E-state index contributed by atoms with van der Waals surface area (Å²) in [6.45, 7) is 7.28. The summed E-state index contributed by atoms with van der Waals surface area (Å²) >= 11 is 1.05. The zero-order valence-corrected chi connectivity index (χ0v) is 21.3. The van der Waals surface area contributed by atoms with E-state index >= 15 is 0 Å². The van der Waals surface area contributed by atoms with Gasteiger partial charge in [-0.05, 0) is 24.1 Å². The summed E-state index contributed by atoms with van der Waals surface area (Å²) in [5.74, 6) is -1.91. The fourth-order valence-corrected chi connectivity index (χ4v) is 4.87. The Hall–Kier alpha value is -2.79. The summed E-state index contributed by atoms with van der Waals surface area (Å²) in [7, 11) is 0. The van der Waals surface area contributed by atoms with Crippen LogP contribution in [0.3, 0.4) is 0 Å². The predicted molar refractivity (Wildman–Crippen MR) is 131 cm³/mol. The molecule has 1 fully saturated rings. The number of aliphatic hydroxyl groups excluding tert-OH is 1. The number of pyridine rings is 1. The Labute approximate surface area is 209 Å². The van der Waals surface area contributed by atoms with Gasteiger partial charge in [0.05, 0.1) is 24.1 Å². The number of carbonyl (C=O) groups is 1. The van der Waals surface area contributed by atoms with E-state index in [2.05, 4.69) is 0 Å². The summed E-state index contributed by atoms with van der Waals surface area (Å²) in [5.41, 5.74) is -1.67. The predicted octanol–water partition coefficient (Wildman–Crippen LogP) is 6.00. The van der Waals surface area contributed by atoms with Crippen LogP contribution in [0, 0.1) is 5.82 Å². The van der Waals surface area contributed by atoms with Gasteiger partial charge in [-0.25, -0.2) is 8.78 Å². The minimum Gasteiger partial charge on any atom is -0.392 e. The van der Waals surface area contributed by atoms with Gasteiger partial charge >= 0.3 is 6.18 Å². The number of carbonyl (C=O) groups excluding carboxylic acids is 1. The lowest BCUT2D eigenvalue weighted by molar-refractivity contribution is -0.140. The first kappa shape index (κ1) is 29.4. The Bertz CT molecular complexity index is 1250. The van der Waals surface area contributed by atoms with E-state index in [1.807, 2.05) is 27.7 Å². The normalized spacial score (nSPS) is 15.3. The van der Waals surface area contributed by atoms with E-state index in [9.17, 15) is 36.6 Å². The van der Waals surface area contributed by atoms with Gasteiger partial charge in [0.1, 0.15) is 18.5 Å². The smallest absolute Gasteiger partial charge is 0.392 e. The molecule has 11 heteroatoms. The fraction of sp³-hybridized carbons (Fsp3) is 0.440. The monoisotopic (exact) mass is 532 g/mol. The molecule has 1 aliphatic rings. The number of hydrogen-bond acceptors (Lipinski definition) is 4. The van der Waals surface area contributed by atoms with Crippen molar-refractivity contribution in [2.75, 3.05) is 13.1 Å². The zero-order chi connectivity index (χ0) is 27.2. The molecule has 4 rings (SSSR count). The molecule has 0 radical (unpaired) electrons. The lowest BCUT2D eigenvalue weighted by Gasteiger charge is -2.17. The molecule has 0 saturated carbocycles. The van der Waals surface area contributed by atoms with Crippen LogP contribution < -0.4 is 5.56 Å². The number of thiophene rings is 1. The SMILES string of the molecule is CC.CC.O=C(Cn1cc(CO)c2scc(-c3ccc(F)c(C(F)(F)F)c3)c2c1=O)N1CCC(F)C1. The second-order valence-electron chi connectivity index (χ2n) is 7.52. The van der Waals surface area contributed by atoms with Crippen molar-refractivity contribution in [1.29, 1.82) is 0 Å². The van der Waals surface area contributed by atoms with Gasteiger partial charge in [0.25, 0.3) is 5.56 Å². The van der Waals surface area contributed by atoms with Crippen molar-refractivity contribution < 1.29 is 31.9 Å². The van der Waals surface area contributed by atoms with E-state index in [1.54, 1.807) is 0 Å². The number of rotatable bonds is 4. The number of amides is 1. The summed E-state index contributed by atoms with van der Waals surface area (Å²) < 4.78 is 68.0. The Kier molecular flexibility index (Phi) is 10.2. The summed E-state index contributed by atoms with van der Waals surface area (Å²) in [6, 6.07) is 2.45. The standard InChI is InChI=1S/C21H17F5N2O3S.2C2H6/c22-13-3-4-27(7-13)17(30)8-28-6-12(9-29)19-18(20(28)31)14(10-32-19)11-1-2-16(23)15(5-11)21(24,25)26;2*1-2/h1-2,5-6,10,13,29H,3-4,7-9H2;2*1-2H3. The molecule has 1 saturated heterocycles. The maximum absolute atomic E-state index is 13.7. The number of likely N-dealkylation sites (tertiary alicyclic amines) is 1. The van der Waals surface area contributed by atoms with Crippen LogP contribution in [0.5, 0.6) is 0 Å². The van der Waals surface area contributed by atoms with Gasteiger partial charge in [0.15, 0.2) is 0 Å². The summed E-state index contributed by atoms with van der Waals surface area (Å²) in [6.07, 6.45) is -4.52. The van der Waals surface area contributed by atoms with Crippen molar-refractivity contribution in [2.45, 2.75) is 59.6 Å². The first-order valence-electron chi connectivity index (χ1n) is 11.6. The van der Waals surface area contributed by atoms with Crippen LogP contribution in [0.4, 0.5) is 22.0 Å². The van der Waals surface area contributed by atoms with Crippen LogP contribution in [0.25, 0.3) is 21.2 Å². The number of aromatic nitrogens is 1. The molecule has 0 spiro atoms. The van der Waals surface area contributed by atoms with Crippen molar-refractivity contribution in [3.05, 3.63) is 57.1 Å². The van der Waals surface area contributed by atoms with E-state index in [-0.39, 0.29) is 36.0 Å². The number of hydrogen-bond donors (Lipinski definition) is 1. The largest absolute Gasteiger partial charge is 0.419 e. The van der Waals surface area contributed by atoms with Crippen LogP contribution in [-0.2, 0) is 24.1 Å². The van der Waals surface area contributed by atoms with Gasteiger partial charge in [-0.1, -0.05) is 33.8 Å². The molecule has 5 nitrogen and oxygen atoms in total. The molecule has 198 valence electrons. The van der Waals surface area contributed by atoms with Crippen LogP contribution >= 0.6 is 11.3 Å². The first-order chi connectivity index (χ1) is 17.1. The molecule has 1 aliphatic heterocycles. The summed E-state index contributed by atoms with van der Waals surface area (Å²) in [4.78, 5) is 27.0. The maximum Gasteiger partial charge on any atom is 0.419 e. The second kappa shape index (κ2) is 12.4. The molecule has 3 aromatic rings. The van der Waals surface area contributed by atoms with Crippen molar-refractivity contribution in [1.82, 2.24) is 9.47 Å². The second-order valence-corrected chi connectivity index (χ2v) is 8.40. The molecule has 36 heavy (non-hydrogen) atoms. The molecule has 1 amide bonds. The molecule has 1 atom stereocenters. The molecule has 2 aromatic heterocycles. The third kappa shape index (κ3) is 6.12. The number of fused-ring (bicyclic) bond motifs is 1. The quantitative estimate of drug-likeness (QED) is 0.419. The third-order valence-electron chi connectivity index (χ3n) is 5.41. The topological polar surface area (TPSA) is 62.5 Å². The van der Waals surface area contributed by atoms with E-state index in [0.717, 1.165) is 22.0 Å². The molecule has 1 unspecified atom stereocenters. The maximum atomic E-state index is 13.7. The molecule has 1 N–H and O–H groups in total. The first-order valence-corrected chi connectivity index (χ1v) is 12.5. The Morgan fingerprint density at radius 2 is 1.86 bits per heavy atom. The van der Waals surface area contributed by atoms with Gasteiger partial charge < -0.3 is 14.6 Å². The number of nitrogens with zero attached hydrogens (tertiary/aromatic N) is 2. The van der Waals surface area contributed by atoms with Crippen molar-refractivity contribution in [3.63, 3.8) is 0 Å². The number of aliphatic hydroxyl groups is 1. The van der Waals surface area contributed by atoms with E-state index in [0.29, 0.717) is 22.4 Å². The average Bonchev–Trinajstić information content (AvgIpc) is 3.50. The highest BCUT2D eigenvalue weighted by Gasteiger charge is 2.34. The average molecular weight is 533 g/mol. The van der Waals surface area contributed by atoms with Crippen molar-refractivity contribution in [2.24, 2.45) is 0 Å². The Morgan fingerprint density at radius 1 is 1.19 bits per heavy atom. The molecule has 1 aromatic carbocycles. The minimum absolute atomic E-state index is 0.0187. The van der Waals surface area contributed by atoms with Crippen molar-refractivity contribution >= 4 is 27.3 Å². The van der Waals surface area contributed by atoms with E-state index in [4.69, 9.17) is 0 Å². The molecular formula is C25H29F5N2O3S.